The molecule has 88 valence electrons. The Kier molecular flexibility index (Phi) is 3.38. The molecule has 1 aromatic carbocycles. The molecule has 1 atom stereocenters. The molecule has 6 nitrogen and oxygen atoms in total. The average molecular weight is 249 g/mol. The minimum absolute atomic E-state index is 0.372. The summed E-state index contributed by atoms with van der Waals surface area (Å²) >= 11 is 1.23. The van der Waals surface area contributed by atoms with Crippen molar-refractivity contribution in [3.05, 3.63) is 30.3 Å². The topological polar surface area (TPSA) is 86.7 Å². The number of hydrogen-bond acceptors (Lipinski definition) is 5. The van der Waals surface area contributed by atoms with Crippen molar-refractivity contribution in [1.29, 1.82) is 0 Å². The lowest BCUT2D eigenvalue weighted by Gasteiger charge is -2.06. The maximum absolute atomic E-state index is 11.0. The fourth-order valence-corrected chi connectivity index (χ4v) is 1.96. The summed E-state index contributed by atoms with van der Waals surface area (Å²) in [7, 11) is 0. The zero-order valence-corrected chi connectivity index (χ0v) is 9.96. The third kappa shape index (κ3) is 2.62. The fraction of sp³-hybridized carbons (Fsp3) is 0.200. The van der Waals surface area contributed by atoms with Crippen LogP contribution in [0.5, 0.6) is 0 Å². The molecule has 0 aliphatic heterocycles. The molecule has 1 amide bonds. The molecule has 0 fully saturated rings. The second kappa shape index (κ2) is 4.96. The van der Waals surface area contributed by atoms with Crippen molar-refractivity contribution in [1.82, 2.24) is 20.2 Å². The summed E-state index contributed by atoms with van der Waals surface area (Å²) in [5.74, 6) is -0.391. The number of carbonyl (C=O) groups excluding carboxylic acids is 1. The van der Waals surface area contributed by atoms with Gasteiger partial charge in [-0.1, -0.05) is 30.0 Å². The average Bonchev–Trinajstić information content (AvgIpc) is 2.78. The Morgan fingerprint density at radius 3 is 2.76 bits per heavy atom. The maximum Gasteiger partial charge on any atom is 0.230 e. The van der Waals surface area contributed by atoms with Gasteiger partial charge in [-0.25, -0.2) is 0 Å². The van der Waals surface area contributed by atoms with E-state index in [4.69, 9.17) is 5.73 Å². The Balaban J connectivity index is 2.26. The Morgan fingerprint density at radius 1 is 1.41 bits per heavy atom. The monoisotopic (exact) mass is 249 g/mol. The van der Waals surface area contributed by atoms with E-state index in [9.17, 15) is 4.79 Å². The molecule has 0 saturated carbocycles. The lowest BCUT2D eigenvalue weighted by molar-refractivity contribution is -0.117. The van der Waals surface area contributed by atoms with Gasteiger partial charge in [0.1, 0.15) is 0 Å². The second-order valence-corrected chi connectivity index (χ2v) is 4.68. The summed E-state index contributed by atoms with van der Waals surface area (Å²) in [6.07, 6.45) is 0. The van der Waals surface area contributed by atoms with Crippen molar-refractivity contribution in [2.75, 3.05) is 0 Å². The molecule has 2 rings (SSSR count). The van der Waals surface area contributed by atoms with Crippen molar-refractivity contribution < 1.29 is 4.79 Å². The Labute approximate surface area is 102 Å². The van der Waals surface area contributed by atoms with Crippen molar-refractivity contribution in [2.45, 2.75) is 17.3 Å². The predicted molar refractivity (Wildman–Crippen MR) is 63.7 cm³/mol. The zero-order chi connectivity index (χ0) is 12.3. The standard InChI is InChI=1S/C10H11N5OS/c1-7(9(11)16)17-10-12-13-14-15(10)8-5-3-2-4-6-8/h2-7H,1H3,(H2,11,16)/t7-/m1/s1. The van der Waals surface area contributed by atoms with Crippen LogP contribution in [0.3, 0.4) is 0 Å². The fourth-order valence-electron chi connectivity index (χ4n) is 1.20. The van der Waals surface area contributed by atoms with E-state index in [1.54, 1.807) is 11.6 Å². The SMILES string of the molecule is C[C@@H](Sc1nnnn1-c1ccccc1)C(N)=O. The van der Waals surface area contributed by atoms with Gasteiger partial charge in [0.05, 0.1) is 10.9 Å². The smallest absolute Gasteiger partial charge is 0.230 e. The molecule has 0 spiro atoms. The molecule has 0 unspecified atom stereocenters. The number of amides is 1. The van der Waals surface area contributed by atoms with Crippen molar-refractivity contribution in [3.8, 4) is 5.69 Å². The predicted octanol–water partition coefficient (Wildman–Crippen LogP) is 0.628. The van der Waals surface area contributed by atoms with Gasteiger partial charge < -0.3 is 5.73 Å². The van der Waals surface area contributed by atoms with Crippen LogP contribution in [0, 0.1) is 0 Å². The molecule has 17 heavy (non-hydrogen) atoms. The molecule has 1 aromatic heterocycles. The number of rotatable bonds is 4. The van der Waals surface area contributed by atoms with E-state index in [2.05, 4.69) is 15.5 Å². The van der Waals surface area contributed by atoms with Crippen LogP contribution in [0.1, 0.15) is 6.92 Å². The van der Waals surface area contributed by atoms with Crippen LogP contribution in [0.2, 0.25) is 0 Å². The lowest BCUT2D eigenvalue weighted by atomic mass is 10.3. The first-order chi connectivity index (χ1) is 8.18. The molecule has 0 aliphatic rings. The number of nitrogens with two attached hydrogens (primary N) is 1. The summed E-state index contributed by atoms with van der Waals surface area (Å²) < 4.78 is 1.57. The third-order valence-electron chi connectivity index (χ3n) is 2.12. The van der Waals surface area contributed by atoms with E-state index in [0.29, 0.717) is 5.16 Å². The van der Waals surface area contributed by atoms with E-state index < -0.39 is 5.91 Å². The molecular weight excluding hydrogens is 238 g/mol. The highest BCUT2D eigenvalue weighted by atomic mass is 32.2. The van der Waals surface area contributed by atoms with Gasteiger partial charge >= 0.3 is 0 Å². The normalized spacial score (nSPS) is 12.3. The van der Waals surface area contributed by atoms with Crippen LogP contribution in [0.4, 0.5) is 0 Å². The summed E-state index contributed by atoms with van der Waals surface area (Å²) in [6.45, 7) is 1.72. The highest BCUT2D eigenvalue weighted by Crippen LogP contribution is 2.22. The Morgan fingerprint density at radius 2 is 2.12 bits per heavy atom. The van der Waals surface area contributed by atoms with Gasteiger partial charge in [-0.05, 0) is 29.5 Å². The van der Waals surface area contributed by atoms with Gasteiger partial charge in [0.25, 0.3) is 0 Å². The zero-order valence-electron chi connectivity index (χ0n) is 9.15. The van der Waals surface area contributed by atoms with Gasteiger partial charge in [-0.2, -0.15) is 4.68 Å². The van der Waals surface area contributed by atoms with Gasteiger partial charge in [0.15, 0.2) is 0 Å². The number of hydrogen-bond donors (Lipinski definition) is 1. The van der Waals surface area contributed by atoms with Crippen molar-refractivity contribution in [2.24, 2.45) is 5.73 Å². The summed E-state index contributed by atoms with van der Waals surface area (Å²) in [4.78, 5) is 11.0. The first kappa shape index (κ1) is 11.6. The minimum Gasteiger partial charge on any atom is -0.369 e. The molecule has 7 heteroatoms. The highest BCUT2D eigenvalue weighted by molar-refractivity contribution is 8.00. The molecular formula is C10H11N5OS. The van der Waals surface area contributed by atoms with Crippen LogP contribution in [0.25, 0.3) is 5.69 Å². The van der Waals surface area contributed by atoms with E-state index in [1.165, 1.54) is 11.8 Å². The number of thioether (sulfide) groups is 1. The van der Waals surface area contributed by atoms with Crippen LogP contribution in [0.15, 0.2) is 35.5 Å². The summed E-state index contributed by atoms with van der Waals surface area (Å²) in [5, 5.41) is 11.5. The summed E-state index contributed by atoms with van der Waals surface area (Å²) in [6, 6.07) is 9.46. The molecule has 2 N–H and O–H groups in total. The van der Waals surface area contributed by atoms with Gasteiger partial charge in [-0.15, -0.1) is 5.10 Å². The first-order valence-electron chi connectivity index (χ1n) is 4.98. The highest BCUT2D eigenvalue weighted by Gasteiger charge is 2.16. The number of nitrogens with zero attached hydrogens (tertiary/aromatic N) is 4. The van der Waals surface area contributed by atoms with Gasteiger partial charge in [-0.3, -0.25) is 4.79 Å². The van der Waals surface area contributed by atoms with Crippen molar-refractivity contribution >= 4 is 17.7 Å². The van der Waals surface area contributed by atoms with Crippen LogP contribution in [-0.2, 0) is 4.79 Å². The van der Waals surface area contributed by atoms with Crippen LogP contribution >= 0.6 is 11.8 Å². The van der Waals surface area contributed by atoms with Gasteiger partial charge in [0.2, 0.25) is 11.1 Å². The third-order valence-corrected chi connectivity index (χ3v) is 3.18. The van der Waals surface area contributed by atoms with Crippen LogP contribution in [-0.4, -0.2) is 31.4 Å². The summed E-state index contributed by atoms with van der Waals surface area (Å²) in [5.41, 5.74) is 6.05. The first-order valence-corrected chi connectivity index (χ1v) is 5.86. The molecule has 0 bridgehead atoms. The molecule has 1 heterocycles. The number of tetrazole rings is 1. The molecule has 0 saturated heterocycles. The maximum atomic E-state index is 11.0. The number of aromatic nitrogens is 4. The van der Waals surface area contributed by atoms with Gasteiger partial charge in [0, 0.05) is 0 Å². The molecule has 0 radical (unpaired) electrons. The minimum atomic E-state index is -0.391. The van der Waals surface area contributed by atoms with E-state index >= 15 is 0 Å². The number of primary amides is 1. The van der Waals surface area contributed by atoms with E-state index in [1.807, 2.05) is 30.3 Å². The number of carbonyl (C=O) groups is 1. The van der Waals surface area contributed by atoms with Crippen molar-refractivity contribution in [3.63, 3.8) is 0 Å². The molecule has 0 aliphatic carbocycles. The number of benzene rings is 1. The largest absolute Gasteiger partial charge is 0.369 e. The Hall–Kier alpha value is -1.89. The Bertz CT molecular complexity index is 512. The lowest BCUT2D eigenvalue weighted by Crippen LogP contribution is -2.23. The second-order valence-electron chi connectivity index (χ2n) is 3.37. The quantitative estimate of drug-likeness (QED) is 0.803. The molecule has 2 aromatic rings. The van der Waals surface area contributed by atoms with Crippen LogP contribution < -0.4 is 5.73 Å². The van der Waals surface area contributed by atoms with E-state index in [0.717, 1.165) is 5.69 Å². The van der Waals surface area contributed by atoms with E-state index in [-0.39, 0.29) is 5.25 Å². The number of para-hydroxylation sites is 1.